The normalized spacial score (nSPS) is 10.8. The SMILES string of the molecule is CN(C)c1ccc(F)c(CONC(=O)c2cncc(-c3ccc(OC(F)F)nc3)n2)c1. The number of alkyl halides is 2. The van der Waals surface area contributed by atoms with Crippen molar-refractivity contribution < 1.29 is 27.5 Å². The van der Waals surface area contributed by atoms with Gasteiger partial charge in [-0.15, -0.1) is 0 Å². The molecule has 8 nitrogen and oxygen atoms in total. The van der Waals surface area contributed by atoms with Crippen LogP contribution in [0.25, 0.3) is 11.3 Å². The predicted octanol–water partition coefficient (Wildman–Crippen LogP) is 3.21. The highest BCUT2D eigenvalue weighted by Crippen LogP contribution is 2.19. The standard InChI is InChI=1S/C20H18F3N5O3/c1-28(2)14-4-5-15(21)13(7-14)11-30-27-19(29)17-10-24-9-16(26-17)12-3-6-18(25-8-12)31-20(22)23/h3-10,20H,11H2,1-2H3,(H,27,29). The van der Waals surface area contributed by atoms with Crippen LogP contribution in [0.4, 0.5) is 18.9 Å². The number of aromatic nitrogens is 3. The maximum absolute atomic E-state index is 13.9. The Hall–Kier alpha value is -3.73. The fourth-order valence-corrected chi connectivity index (χ4v) is 2.49. The Morgan fingerprint density at radius 3 is 2.65 bits per heavy atom. The molecule has 0 aliphatic rings. The molecule has 0 saturated carbocycles. The minimum Gasteiger partial charge on any atom is -0.417 e. The fourth-order valence-electron chi connectivity index (χ4n) is 2.49. The van der Waals surface area contributed by atoms with Crippen molar-refractivity contribution in [2.75, 3.05) is 19.0 Å². The van der Waals surface area contributed by atoms with E-state index in [0.29, 0.717) is 5.56 Å². The summed E-state index contributed by atoms with van der Waals surface area (Å²) in [6, 6.07) is 7.25. The van der Waals surface area contributed by atoms with Crippen LogP contribution >= 0.6 is 0 Å². The number of carbonyl (C=O) groups excluding carboxylic acids is 1. The van der Waals surface area contributed by atoms with Crippen LogP contribution in [0.3, 0.4) is 0 Å². The van der Waals surface area contributed by atoms with Gasteiger partial charge < -0.3 is 9.64 Å². The van der Waals surface area contributed by atoms with Crippen LogP contribution in [-0.2, 0) is 11.4 Å². The van der Waals surface area contributed by atoms with E-state index in [9.17, 15) is 18.0 Å². The number of anilines is 1. The predicted molar refractivity (Wildman–Crippen MR) is 105 cm³/mol. The first-order valence-corrected chi connectivity index (χ1v) is 8.94. The summed E-state index contributed by atoms with van der Waals surface area (Å²) in [4.78, 5) is 31.1. The highest BCUT2D eigenvalue weighted by atomic mass is 19.3. The molecule has 1 N–H and O–H groups in total. The number of rotatable bonds is 8. The quantitative estimate of drug-likeness (QED) is 0.546. The lowest BCUT2D eigenvalue weighted by molar-refractivity contribution is -0.0528. The largest absolute Gasteiger partial charge is 0.417 e. The molecule has 162 valence electrons. The smallest absolute Gasteiger partial charge is 0.388 e. The van der Waals surface area contributed by atoms with Crippen molar-refractivity contribution in [1.29, 1.82) is 0 Å². The van der Waals surface area contributed by atoms with Crippen molar-refractivity contribution in [2.24, 2.45) is 0 Å². The first-order valence-electron chi connectivity index (χ1n) is 8.94. The number of nitrogens with zero attached hydrogens (tertiary/aromatic N) is 4. The summed E-state index contributed by atoms with van der Waals surface area (Å²) < 4.78 is 42.5. The molecule has 0 aliphatic heterocycles. The van der Waals surface area contributed by atoms with Gasteiger partial charge in [-0.05, 0) is 24.3 Å². The van der Waals surface area contributed by atoms with Crippen LogP contribution in [0.5, 0.6) is 5.88 Å². The molecule has 11 heteroatoms. The summed E-state index contributed by atoms with van der Waals surface area (Å²) >= 11 is 0. The van der Waals surface area contributed by atoms with E-state index in [4.69, 9.17) is 4.84 Å². The molecule has 2 aromatic heterocycles. The number of hydrogen-bond donors (Lipinski definition) is 1. The Kier molecular flexibility index (Phi) is 6.98. The summed E-state index contributed by atoms with van der Waals surface area (Å²) in [6.07, 6.45) is 3.86. The van der Waals surface area contributed by atoms with Crippen LogP contribution in [0.2, 0.25) is 0 Å². The third-order valence-electron chi connectivity index (χ3n) is 4.05. The molecule has 31 heavy (non-hydrogen) atoms. The number of amides is 1. The second-order valence-electron chi connectivity index (χ2n) is 6.44. The Balaban J connectivity index is 1.63. The molecule has 0 aliphatic carbocycles. The van der Waals surface area contributed by atoms with Gasteiger partial charge in [-0.2, -0.15) is 8.78 Å². The third-order valence-corrected chi connectivity index (χ3v) is 4.05. The summed E-state index contributed by atoms with van der Waals surface area (Å²) in [7, 11) is 3.64. The van der Waals surface area contributed by atoms with Crippen LogP contribution in [0, 0.1) is 5.82 Å². The van der Waals surface area contributed by atoms with Crippen LogP contribution < -0.4 is 15.1 Å². The Morgan fingerprint density at radius 1 is 1.16 bits per heavy atom. The van der Waals surface area contributed by atoms with Crippen molar-refractivity contribution in [3.05, 3.63) is 66.0 Å². The van der Waals surface area contributed by atoms with Gasteiger partial charge in [-0.3, -0.25) is 14.6 Å². The van der Waals surface area contributed by atoms with Crippen LogP contribution in [0.15, 0.2) is 48.9 Å². The lowest BCUT2D eigenvalue weighted by atomic mass is 10.2. The summed E-state index contributed by atoms with van der Waals surface area (Å²) in [6.45, 7) is -3.17. The molecule has 0 radical (unpaired) electrons. The van der Waals surface area contributed by atoms with E-state index in [1.165, 1.54) is 36.8 Å². The number of benzene rings is 1. The molecule has 0 saturated heterocycles. The number of hydrogen-bond acceptors (Lipinski definition) is 7. The minimum absolute atomic E-state index is 0.0621. The first kappa shape index (κ1) is 22.0. The van der Waals surface area contributed by atoms with Gasteiger partial charge in [0, 0.05) is 43.2 Å². The van der Waals surface area contributed by atoms with Crippen molar-refractivity contribution in [3.8, 4) is 17.1 Å². The minimum atomic E-state index is -2.98. The molecule has 1 amide bonds. The average molecular weight is 433 g/mol. The van der Waals surface area contributed by atoms with Crippen molar-refractivity contribution in [3.63, 3.8) is 0 Å². The molecule has 0 fully saturated rings. The Bertz CT molecular complexity index is 1050. The van der Waals surface area contributed by atoms with E-state index in [1.54, 1.807) is 12.1 Å². The lowest BCUT2D eigenvalue weighted by Gasteiger charge is -2.14. The van der Waals surface area contributed by atoms with E-state index in [-0.39, 0.29) is 29.4 Å². The molecular weight excluding hydrogens is 415 g/mol. The fraction of sp³-hybridized carbons (Fsp3) is 0.200. The molecule has 0 unspecified atom stereocenters. The number of hydroxylamine groups is 1. The maximum Gasteiger partial charge on any atom is 0.388 e. The van der Waals surface area contributed by atoms with E-state index in [1.807, 2.05) is 19.0 Å². The summed E-state index contributed by atoms with van der Waals surface area (Å²) in [5.74, 6) is -1.41. The van der Waals surface area contributed by atoms with Gasteiger partial charge in [0.25, 0.3) is 5.91 Å². The topological polar surface area (TPSA) is 89.5 Å². The second-order valence-corrected chi connectivity index (χ2v) is 6.44. The van der Waals surface area contributed by atoms with E-state index >= 15 is 0 Å². The zero-order valence-electron chi connectivity index (χ0n) is 16.6. The third kappa shape index (κ3) is 5.89. The van der Waals surface area contributed by atoms with Crippen LogP contribution in [-0.4, -0.2) is 41.6 Å². The van der Waals surface area contributed by atoms with Gasteiger partial charge >= 0.3 is 6.61 Å². The summed E-state index contributed by atoms with van der Waals surface area (Å²) in [5.41, 5.74) is 3.90. The van der Waals surface area contributed by atoms with Gasteiger partial charge in [0.1, 0.15) is 18.1 Å². The van der Waals surface area contributed by atoms with Gasteiger partial charge in [0.15, 0.2) is 0 Å². The Labute approximate surface area is 175 Å². The maximum atomic E-state index is 13.9. The molecule has 1 aromatic carbocycles. The summed E-state index contributed by atoms with van der Waals surface area (Å²) in [5, 5.41) is 0. The Morgan fingerprint density at radius 2 is 1.97 bits per heavy atom. The van der Waals surface area contributed by atoms with Crippen molar-refractivity contribution >= 4 is 11.6 Å². The van der Waals surface area contributed by atoms with E-state index in [0.717, 1.165) is 5.69 Å². The van der Waals surface area contributed by atoms with Gasteiger partial charge in [0.2, 0.25) is 5.88 Å². The molecule has 3 rings (SSSR count). The zero-order valence-corrected chi connectivity index (χ0v) is 16.6. The lowest BCUT2D eigenvalue weighted by Crippen LogP contribution is -2.25. The van der Waals surface area contributed by atoms with E-state index < -0.39 is 18.3 Å². The average Bonchev–Trinajstić information content (AvgIpc) is 2.75. The van der Waals surface area contributed by atoms with E-state index in [2.05, 4.69) is 25.2 Å². The molecule has 0 bridgehead atoms. The van der Waals surface area contributed by atoms with Crippen molar-refractivity contribution in [1.82, 2.24) is 20.4 Å². The van der Waals surface area contributed by atoms with Crippen molar-refractivity contribution in [2.45, 2.75) is 13.2 Å². The molecule has 2 heterocycles. The number of ether oxygens (including phenoxy) is 1. The number of halogens is 3. The second kappa shape index (κ2) is 9.85. The number of nitrogens with one attached hydrogen (secondary N) is 1. The first-order chi connectivity index (χ1) is 14.8. The van der Waals surface area contributed by atoms with Gasteiger partial charge in [0.05, 0.1) is 18.1 Å². The zero-order chi connectivity index (χ0) is 22.4. The van der Waals surface area contributed by atoms with Gasteiger partial charge in [-0.25, -0.2) is 19.8 Å². The molecule has 0 spiro atoms. The van der Waals surface area contributed by atoms with Gasteiger partial charge in [-0.1, -0.05) is 0 Å². The van der Waals surface area contributed by atoms with Crippen LogP contribution in [0.1, 0.15) is 16.1 Å². The number of pyridine rings is 1. The highest BCUT2D eigenvalue weighted by molar-refractivity contribution is 5.91. The molecule has 0 atom stereocenters. The molecule has 3 aromatic rings. The highest BCUT2D eigenvalue weighted by Gasteiger charge is 2.12. The number of carbonyl (C=O) groups is 1. The molecular formula is C20H18F3N5O3. The monoisotopic (exact) mass is 433 g/mol.